The molecule has 1 aromatic heterocycles. The molecule has 3 aromatic rings. The van der Waals surface area contributed by atoms with Crippen LogP contribution in [0.4, 0.5) is 4.39 Å². The highest BCUT2D eigenvalue weighted by Crippen LogP contribution is 2.22. The number of halogens is 1. The number of benzene rings is 2. The molecule has 100 valence electrons. The molecule has 3 rings (SSSR count). The summed E-state index contributed by atoms with van der Waals surface area (Å²) in [5.74, 6) is -0.144. The van der Waals surface area contributed by atoms with E-state index in [0.717, 1.165) is 0 Å². The zero-order valence-corrected chi connectivity index (χ0v) is 10.7. The normalized spacial score (nSPS) is 10.9. The standard InChI is InChI=1S/C14H11FN4O/c1-19-17-14(16-18-19)8-13(20)11-6-7-12(15)10-5-3-2-4-9(10)11/h2-7H,8H2,1H3. The molecular formula is C14H11FN4O. The first-order valence-corrected chi connectivity index (χ1v) is 6.08. The second-order valence-corrected chi connectivity index (χ2v) is 4.44. The molecule has 0 radical (unpaired) electrons. The number of aryl methyl sites for hydroxylation is 1. The van der Waals surface area contributed by atoms with Crippen LogP contribution in [0, 0.1) is 5.82 Å². The molecule has 20 heavy (non-hydrogen) atoms. The highest BCUT2D eigenvalue weighted by Gasteiger charge is 2.15. The van der Waals surface area contributed by atoms with E-state index in [0.29, 0.717) is 22.2 Å². The van der Waals surface area contributed by atoms with Gasteiger partial charge in [-0.2, -0.15) is 4.80 Å². The van der Waals surface area contributed by atoms with E-state index in [2.05, 4.69) is 15.4 Å². The topological polar surface area (TPSA) is 60.7 Å². The number of hydrogen-bond donors (Lipinski definition) is 0. The maximum atomic E-state index is 13.7. The van der Waals surface area contributed by atoms with Gasteiger partial charge in [-0.3, -0.25) is 4.79 Å². The van der Waals surface area contributed by atoms with Gasteiger partial charge >= 0.3 is 0 Å². The second-order valence-electron chi connectivity index (χ2n) is 4.44. The Morgan fingerprint density at radius 3 is 2.65 bits per heavy atom. The third-order valence-corrected chi connectivity index (χ3v) is 3.04. The van der Waals surface area contributed by atoms with Crippen molar-refractivity contribution in [3.63, 3.8) is 0 Å². The summed E-state index contributed by atoms with van der Waals surface area (Å²) in [6.45, 7) is 0. The lowest BCUT2D eigenvalue weighted by Gasteiger charge is -2.05. The molecule has 0 saturated carbocycles. The minimum absolute atomic E-state index is 0.0451. The SMILES string of the molecule is Cn1nnc(CC(=O)c2ccc(F)c3ccccc23)n1. The average molecular weight is 270 g/mol. The molecule has 0 aliphatic heterocycles. The van der Waals surface area contributed by atoms with Crippen LogP contribution in [0.3, 0.4) is 0 Å². The molecule has 6 heteroatoms. The number of aromatic nitrogens is 4. The maximum Gasteiger partial charge on any atom is 0.182 e. The quantitative estimate of drug-likeness (QED) is 0.682. The minimum Gasteiger partial charge on any atom is -0.294 e. The van der Waals surface area contributed by atoms with Gasteiger partial charge in [0.15, 0.2) is 11.6 Å². The Hall–Kier alpha value is -2.63. The van der Waals surface area contributed by atoms with Crippen molar-refractivity contribution < 1.29 is 9.18 Å². The van der Waals surface area contributed by atoms with E-state index in [1.165, 1.54) is 16.9 Å². The molecule has 0 bridgehead atoms. The molecule has 0 amide bonds. The van der Waals surface area contributed by atoms with Crippen LogP contribution < -0.4 is 0 Å². The molecular weight excluding hydrogens is 259 g/mol. The maximum absolute atomic E-state index is 13.7. The lowest BCUT2D eigenvalue weighted by Crippen LogP contribution is -2.06. The summed E-state index contributed by atoms with van der Waals surface area (Å²) in [4.78, 5) is 13.6. The fourth-order valence-corrected chi connectivity index (χ4v) is 2.14. The van der Waals surface area contributed by atoms with E-state index < -0.39 is 0 Å². The summed E-state index contributed by atoms with van der Waals surface area (Å²) >= 11 is 0. The van der Waals surface area contributed by atoms with Crippen LogP contribution in [0.25, 0.3) is 10.8 Å². The first-order valence-electron chi connectivity index (χ1n) is 6.08. The minimum atomic E-state index is -0.338. The van der Waals surface area contributed by atoms with E-state index in [-0.39, 0.29) is 18.0 Å². The Morgan fingerprint density at radius 2 is 1.95 bits per heavy atom. The summed E-state index contributed by atoms with van der Waals surface area (Å²) < 4.78 is 13.7. The number of fused-ring (bicyclic) bond motifs is 1. The van der Waals surface area contributed by atoms with E-state index >= 15 is 0 Å². The van der Waals surface area contributed by atoms with Crippen molar-refractivity contribution in [1.82, 2.24) is 20.2 Å². The molecule has 0 aliphatic carbocycles. The van der Waals surface area contributed by atoms with Gasteiger partial charge in [-0.1, -0.05) is 24.3 Å². The zero-order chi connectivity index (χ0) is 14.1. The molecule has 1 heterocycles. The summed E-state index contributed by atoms with van der Waals surface area (Å²) in [5.41, 5.74) is 0.467. The lowest BCUT2D eigenvalue weighted by atomic mass is 9.99. The molecule has 5 nitrogen and oxygen atoms in total. The van der Waals surface area contributed by atoms with Crippen LogP contribution in [0.5, 0.6) is 0 Å². The van der Waals surface area contributed by atoms with Gasteiger partial charge < -0.3 is 0 Å². The van der Waals surface area contributed by atoms with Crippen LogP contribution in [-0.4, -0.2) is 26.0 Å². The van der Waals surface area contributed by atoms with Crippen molar-refractivity contribution in [3.8, 4) is 0 Å². The number of nitrogens with zero attached hydrogens (tertiary/aromatic N) is 4. The van der Waals surface area contributed by atoms with Gasteiger partial charge in [0.05, 0.1) is 13.5 Å². The molecule has 0 aliphatic rings. The van der Waals surface area contributed by atoms with E-state index in [1.807, 2.05) is 0 Å². The Kier molecular flexibility index (Phi) is 2.98. The first kappa shape index (κ1) is 12.4. The largest absolute Gasteiger partial charge is 0.294 e. The van der Waals surface area contributed by atoms with Gasteiger partial charge in [-0.25, -0.2) is 4.39 Å². The molecule has 0 atom stereocenters. The van der Waals surface area contributed by atoms with Crippen molar-refractivity contribution in [2.24, 2.45) is 7.05 Å². The number of tetrazole rings is 1. The third kappa shape index (κ3) is 2.16. The fraction of sp³-hybridized carbons (Fsp3) is 0.143. The summed E-state index contributed by atoms with van der Waals surface area (Å²) in [5, 5.41) is 12.5. The molecule has 0 saturated heterocycles. The fourth-order valence-electron chi connectivity index (χ4n) is 2.14. The summed E-state index contributed by atoms with van der Waals surface area (Å²) in [7, 11) is 1.63. The zero-order valence-electron chi connectivity index (χ0n) is 10.7. The van der Waals surface area contributed by atoms with Crippen LogP contribution in [-0.2, 0) is 13.5 Å². The van der Waals surface area contributed by atoms with Crippen molar-refractivity contribution in [3.05, 3.63) is 53.6 Å². The number of carbonyl (C=O) groups excluding carboxylic acids is 1. The highest BCUT2D eigenvalue weighted by atomic mass is 19.1. The van der Waals surface area contributed by atoms with E-state index in [9.17, 15) is 9.18 Å². The van der Waals surface area contributed by atoms with Crippen LogP contribution in [0.1, 0.15) is 16.2 Å². The number of rotatable bonds is 3. The van der Waals surface area contributed by atoms with Gasteiger partial charge in [0, 0.05) is 10.9 Å². The molecule has 0 fully saturated rings. The highest BCUT2D eigenvalue weighted by molar-refractivity contribution is 6.08. The van der Waals surface area contributed by atoms with Crippen LogP contribution >= 0.6 is 0 Å². The number of hydrogen-bond acceptors (Lipinski definition) is 4. The van der Waals surface area contributed by atoms with Gasteiger partial charge in [0.2, 0.25) is 0 Å². The van der Waals surface area contributed by atoms with Crippen molar-refractivity contribution in [2.75, 3.05) is 0 Å². The molecule has 0 unspecified atom stereocenters. The Morgan fingerprint density at radius 1 is 1.20 bits per heavy atom. The molecule has 0 N–H and O–H groups in total. The lowest BCUT2D eigenvalue weighted by molar-refractivity contribution is 0.0992. The smallest absolute Gasteiger partial charge is 0.182 e. The Balaban J connectivity index is 2.01. The molecule has 2 aromatic carbocycles. The van der Waals surface area contributed by atoms with Crippen molar-refractivity contribution in [1.29, 1.82) is 0 Å². The number of carbonyl (C=O) groups is 1. The van der Waals surface area contributed by atoms with Crippen molar-refractivity contribution >= 4 is 16.6 Å². The van der Waals surface area contributed by atoms with Crippen molar-refractivity contribution in [2.45, 2.75) is 6.42 Å². The second kappa shape index (κ2) is 4.80. The van der Waals surface area contributed by atoms with Gasteiger partial charge in [-0.05, 0) is 22.7 Å². The Labute approximate surface area is 114 Å². The monoisotopic (exact) mass is 270 g/mol. The first-order chi connectivity index (χ1) is 9.65. The average Bonchev–Trinajstić information content (AvgIpc) is 2.84. The molecule has 0 spiro atoms. The number of ketones is 1. The summed E-state index contributed by atoms with van der Waals surface area (Å²) in [6, 6.07) is 9.71. The third-order valence-electron chi connectivity index (χ3n) is 3.04. The predicted octanol–water partition coefficient (Wildman–Crippen LogP) is 1.93. The van der Waals surface area contributed by atoms with Crippen LogP contribution in [0.15, 0.2) is 36.4 Å². The van der Waals surface area contributed by atoms with E-state index in [1.54, 1.807) is 31.3 Å². The summed E-state index contributed by atoms with van der Waals surface area (Å²) in [6.07, 6.45) is 0.0451. The van der Waals surface area contributed by atoms with Gasteiger partial charge in [0.25, 0.3) is 0 Å². The van der Waals surface area contributed by atoms with Gasteiger partial charge in [-0.15, -0.1) is 10.2 Å². The predicted molar refractivity (Wildman–Crippen MR) is 70.7 cm³/mol. The van der Waals surface area contributed by atoms with Crippen LogP contribution in [0.2, 0.25) is 0 Å². The number of Topliss-reactive ketones (excluding diaryl/α,β-unsaturated/α-hetero) is 1. The Bertz CT molecular complexity index is 797. The van der Waals surface area contributed by atoms with E-state index in [4.69, 9.17) is 0 Å². The van der Waals surface area contributed by atoms with Gasteiger partial charge in [0.1, 0.15) is 5.82 Å².